The summed E-state index contributed by atoms with van der Waals surface area (Å²) in [4.78, 5) is 19.2. The van der Waals surface area contributed by atoms with Crippen LogP contribution in [0, 0.1) is 5.82 Å². The quantitative estimate of drug-likeness (QED) is 0.292. The number of hydrogen-bond donors (Lipinski definition) is 4. The second kappa shape index (κ2) is 8.99. The number of fused-ring (bicyclic) bond motifs is 1. The highest BCUT2D eigenvalue weighted by Crippen LogP contribution is 2.32. The first-order chi connectivity index (χ1) is 16.2. The van der Waals surface area contributed by atoms with Gasteiger partial charge in [0.15, 0.2) is 5.88 Å². The second-order valence-electron chi connectivity index (χ2n) is 8.46. The lowest BCUT2D eigenvalue weighted by atomic mass is 9.95. The van der Waals surface area contributed by atoms with Gasteiger partial charge in [0.2, 0.25) is 0 Å². The summed E-state index contributed by atoms with van der Waals surface area (Å²) in [5.41, 5.74) is 9.87. The van der Waals surface area contributed by atoms with Crippen molar-refractivity contribution in [3.05, 3.63) is 89.2 Å². The average molecular weight is 461 g/mol. The van der Waals surface area contributed by atoms with Crippen LogP contribution in [0.3, 0.4) is 0 Å². The number of aromatic amines is 1. The van der Waals surface area contributed by atoms with Gasteiger partial charge in [-0.15, -0.1) is 0 Å². The van der Waals surface area contributed by atoms with E-state index in [1.54, 1.807) is 30.3 Å². The Morgan fingerprint density at radius 3 is 2.38 bits per heavy atom. The first-order valence-electron chi connectivity index (χ1n) is 10.6. The number of halogens is 1. The Morgan fingerprint density at radius 1 is 1.09 bits per heavy atom. The van der Waals surface area contributed by atoms with Crippen LogP contribution in [0.5, 0.6) is 5.88 Å². The Morgan fingerprint density at radius 2 is 1.76 bits per heavy atom. The Bertz CT molecular complexity index is 1370. The monoisotopic (exact) mass is 460 g/mol. The van der Waals surface area contributed by atoms with Gasteiger partial charge in [0, 0.05) is 22.2 Å². The van der Waals surface area contributed by atoms with Gasteiger partial charge in [-0.3, -0.25) is 5.32 Å². The SMILES string of the molecule is COC(=O)Nc1ccc(C(=Nc2ccc(C(C)(C)N)cc2)c2c(O)[nH]c3cc(F)ccc23)cc1. The number of nitrogens with zero attached hydrogens (tertiary/aromatic N) is 1. The third-order valence-electron chi connectivity index (χ3n) is 5.42. The van der Waals surface area contributed by atoms with Gasteiger partial charge in [0.05, 0.1) is 29.6 Å². The first kappa shape index (κ1) is 23.0. The lowest BCUT2D eigenvalue weighted by Gasteiger charge is -2.19. The molecular weight excluding hydrogens is 435 g/mol. The lowest BCUT2D eigenvalue weighted by Crippen LogP contribution is -2.28. The predicted octanol–water partition coefficient (Wildman–Crippen LogP) is 5.55. The highest BCUT2D eigenvalue weighted by Gasteiger charge is 2.20. The molecule has 0 saturated carbocycles. The zero-order chi connectivity index (χ0) is 24.5. The third-order valence-corrected chi connectivity index (χ3v) is 5.42. The van der Waals surface area contributed by atoms with Crippen LogP contribution in [-0.2, 0) is 10.3 Å². The van der Waals surface area contributed by atoms with Crippen molar-refractivity contribution in [2.45, 2.75) is 19.4 Å². The number of hydrogen-bond acceptors (Lipinski definition) is 5. The molecule has 174 valence electrons. The third kappa shape index (κ3) is 4.77. The molecule has 0 aliphatic rings. The number of aliphatic imine (C=N–C) groups is 1. The molecular formula is C26H25FN4O3. The van der Waals surface area contributed by atoms with E-state index in [0.717, 1.165) is 5.56 Å². The summed E-state index contributed by atoms with van der Waals surface area (Å²) in [6.45, 7) is 3.84. The van der Waals surface area contributed by atoms with Gasteiger partial charge in [-0.05, 0) is 61.9 Å². The van der Waals surface area contributed by atoms with Crippen LogP contribution in [0.15, 0.2) is 71.7 Å². The van der Waals surface area contributed by atoms with Gasteiger partial charge in [-0.2, -0.15) is 0 Å². The van der Waals surface area contributed by atoms with Crippen molar-refractivity contribution in [2.75, 3.05) is 12.4 Å². The standard InChI is InChI=1S/C26H25FN4O3/c1-26(2,28)16-6-11-18(12-7-16)29-23(15-4-9-19(10-5-15)30-25(33)34-3)22-20-13-8-17(27)14-21(20)31-24(22)32/h4-14,31-32H,28H2,1-3H3,(H,30,33). The molecule has 0 saturated heterocycles. The van der Waals surface area contributed by atoms with E-state index in [-0.39, 0.29) is 5.88 Å². The summed E-state index contributed by atoms with van der Waals surface area (Å²) in [5.74, 6) is -0.548. The molecule has 1 heterocycles. The minimum Gasteiger partial charge on any atom is -0.494 e. The van der Waals surface area contributed by atoms with Gasteiger partial charge >= 0.3 is 6.09 Å². The summed E-state index contributed by atoms with van der Waals surface area (Å²) < 4.78 is 18.4. The number of aromatic hydroxyl groups is 1. The molecule has 8 heteroatoms. The van der Waals surface area contributed by atoms with Crippen molar-refractivity contribution in [1.29, 1.82) is 0 Å². The molecule has 1 amide bonds. The van der Waals surface area contributed by atoms with E-state index in [9.17, 15) is 14.3 Å². The van der Waals surface area contributed by atoms with Crippen molar-refractivity contribution >= 4 is 34.1 Å². The first-order valence-corrected chi connectivity index (χ1v) is 10.6. The van der Waals surface area contributed by atoms with Crippen LogP contribution in [0.25, 0.3) is 10.9 Å². The van der Waals surface area contributed by atoms with Crippen molar-refractivity contribution in [3.8, 4) is 5.88 Å². The van der Waals surface area contributed by atoms with Crippen LogP contribution in [-0.4, -0.2) is 29.0 Å². The molecule has 0 aliphatic heterocycles. The van der Waals surface area contributed by atoms with Crippen LogP contribution in [0.2, 0.25) is 0 Å². The minimum atomic E-state index is -0.583. The molecule has 0 atom stereocenters. The molecule has 5 N–H and O–H groups in total. The minimum absolute atomic E-state index is 0.129. The molecule has 0 aliphatic carbocycles. The second-order valence-corrected chi connectivity index (χ2v) is 8.46. The Hall–Kier alpha value is -4.17. The van der Waals surface area contributed by atoms with Crippen LogP contribution < -0.4 is 11.1 Å². The highest BCUT2D eigenvalue weighted by atomic mass is 19.1. The smallest absolute Gasteiger partial charge is 0.411 e. The van der Waals surface area contributed by atoms with Gasteiger partial charge in [-0.25, -0.2) is 14.2 Å². The fourth-order valence-corrected chi connectivity index (χ4v) is 3.63. The van der Waals surface area contributed by atoms with Crippen LogP contribution in [0.4, 0.5) is 20.6 Å². The molecule has 0 fully saturated rings. The van der Waals surface area contributed by atoms with E-state index >= 15 is 0 Å². The van der Waals surface area contributed by atoms with Gasteiger partial charge in [0.1, 0.15) is 5.82 Å². The molecule has 3 aromatic carbocycles. The fraction of sp³-hybridized carbons (Fsp3) is 0.154. The number of amides is 1. The van der Waals surface area contributed by atoms with E-state index < -0.39 is 17.4 Å². The van der Waals surface area contributed by atoms with Crippen LogP contribution in [0.1, 0.15) is 30.5 Å². The maximum atomic E-state index is 13.8. The molecule has 0 unspecified atom stereocenters. The number of anilines is 1. The molecule has 4 rings (SSSR count). The Balaban J connectivity index is 1.85. The fourth-order valence-electron chi connectivity index (χ4n) is 3.63. The van der Waals surface area contributed by atoms with E-state index in [4.69, 9.17) is 10.7 Å². The average Bonchev–Trinajstić information content (AvgIpc) is 3.12. The zero-order valence-electron chi connectivity index (χ0n) is 19.0. The molecule has 1 aromatic heterocycles. The zero-order valence-corrected chi connectivity index (χ0v) is 19.0. The number of carbonyl (C=O) groups is 1. The molecule has 4 aromatic rings. The normalized spacial score (nSPS) is 12.1. The van der Waals surface area contributed by atoms with Gasteiger partial charge < -0.3 is 20.6 Å². The largest absolute Gasteiger partial charge is 0.494 e. The molecule has 34 heavy (non-hydrogen) atoms. The number of methoxy groups -OCH3 is 1. The van der Waals surface area contributed by atoms with E-state index in [1.807, 2.05) is 38.1 Å². The van der Waals surface area contributed by atoms with Crippen molar-refractivity contribution in [3.63, 3.8) is 0 Å². The van der Waals surface area contributed by atoms with E-state index in [2.05, 4.69) is 15.0 Å². The topological polar surface area (TPSA) is 113 Å². The number of nitrogens with one attached hydrogen (secondary N) is 2. The summed E-state index contributed by atoms with van der Waals surface area (Å²) in [6.07, 6.45) is -0.583. The summed E-state index contributed by atoms with van der Waals surface area (Å²) in [6, 6.07) is 18.7. The molecule has 0 spiro atoms. The van der Waals surface area contributed by atoms with Crippen molar-refractivity contribution in [2.24, 2.45) is 10.7 Å². The molecule has 7 nitrogen and oxygen atoms in total. The Kier molecular flexibility index (Phi) is 6.08. The summed E-state index contributed by atoms with van der Waals surface area (Å²) >= 11 is 0. The Labute approximate surface area is 196 Å². The van der Waals surface area contributed by atoms with Crippen molar-refractivity contribution < 1.29 is 19.0 Å². The number of aromatic nitrogens is 1. The maximum absolute atomic E-state index is 13.8. The van der Waals surface area contributed by atoms with Crippen LogP contribution >= 0.6 is 0 Å². The number of nitrogens with two attached hydrogens (primary N) is 1. The number of carbonyl (C=O) groups excluding carboxylic acids is 1. The molecule has 0 radical (unpaired) electrons. The number of H-pyrrole nitrogens is 1. The highest BCUT2D eigenvalue weighted by molar-refractivity contribution is 6.22. The van der Waals surface area contributed by atoms with Crippen molar-refractivity contribution in [1.82, 2.24) is 4.98 Å². The number of rotatable bonds is 5. The number of ether oxygens (including phenoxy) is 1. The van der Waals surface area contributed by atoms with Gasteiger partial charge in [-0.1, -0.05) is 24.3 Å². The predicted molar refractivity (Wildman–Crippen MR) is 131 cm³/mol. The van der Waals surface area contributed by atoms with Gasteiger partial charge in [0.25, 0.3) is 0 Å². The summed E-state index contributed by atoms with van der Waals surface area (Å²) in [7, 11) is 1.29. The van der Waals surface area contributed by atoms with E-state index in [1.165, 1.54) is 19.2 Å². The maximum Gasteiger partial charge on any atom is 0.411 e. The lowest BCUT2D eigenvalue weighted by molar-refractivity contribution is 0.187. The molecule has 0 bridgehead atoms. The number of benzene rings is 3. The summed E-state index contributed by atoms with van der Waals surface area (Å²) in [5, 5.41) is 14.0. The van der Waals surface area contributed by atoms with E-state index in [0.29, 0.717) is 39.1 Å².